The summed E-state index contributed by atoms with van der Waals surface area (Å²) in [6.07, 6.45) is -3.90. The molecule has 0 aliphatic carbocycles. The first-order chi connectivity index (χ1) is 10.1. The lowest BCUT2D eigenvalue weighted by Gasteiger charge is -2.22. The number of carbonyl (C=O) groups excluding carboxylic acids is 1. The van der Waals surface area contributed by atoms with Gasteiger partial charge in [0.15, 0.2) is 6.29 Å². The summed E-state index contributed by atoms with van der Waals surface area (Å²) < 4.78 is 15.5. The second kappa shape index (κ2) is 6.82. The number of carbonyl (C=O) groups is 1. The van der Waals surface area contributed by atoms with E-state index in [2.05, 4.69) is 6.58 Å². The molecule has 1 aromatic rings. The number of hydrogen-bond donors (Lipinski definition) is 2. The van der Waals surface area contributed by atoms with Gasteiger partial charge in [0.25, 0.3) is 0 Å². The van der Waals surface area contributed by atoms with E-state index >= 15 is 0 Å². The van der Waals surface area contributed by atoms with Gasteiger partial charge in [-0.15, -0.1) is 0 Å². The topological polar surface area (TPSA) is 85.2 Å². The van der Waals surface area contributed by atoms with Gasteiger partial charge >= 0.3 is 5.97 Å². The SMILES string of the molecule is C=C[C@@H](OC(=O)c1ccccc1)[C@H]1O[C@@H](OC)[C@H](O)[C@@H]1O. The zero-order valence-corrected chi connectivity index (χ0v) is 11.6. The zero-order valence-electron chi connectivity index (χ0n) is 11.6. The molecule has 1 aliphatic heterocycles. The summed E-state index contributed by atoms with van der Waals surface area (Å²) >= 11 is 0. The average Bonchev–Trinajstić information content (AvgIpc) is 2.81. The second-order valence-corrected chi connectivity index (χ2v) is 4.66. The van der Waals surface area contributed by atoms with Crippen molar-refractivity contribution in [3.05, 3.63) is 48.6 Å². The maximum atomic E-state index is 12.0. The molecule has 114 valence electrons. The van der Waals surface area contributed by atoms with E-state index in [0.717, 1.165) is 0 Å². The van der Waals surface area contributed by atoms with Gasteiger partial charge in [-0.3, -0.25) is 0 Å². The van der Waals surface area contributed by atoms with Crippen molar-refractivity contribution >= 4 is 5.97 Å². The molecule has 2 rings (SSSR count). The minimum Gasteiger partial charge on any atom is -0.452 e. The minimum atomic E-state index is -1.23. The van der Waals surface area contributed by atoms with Gasteiger partial charge < -0.3 is 24.4 Å². The Bertz CT molecular complexity index is 488. The third kappa shape index (κ3) is 3.30. The first kappa shape index (κ1) is 15.7. The summed E-state index contributed by atoms with van der Waals surface area (Å²) in [7, 11) is 1.35. The highest BCUT2D eigenvalue weighted by Crippen LogP contribution is 2.26. The molecule has 0 unspecified atom stereocenters. The normalized spacial score (nSPS) is 29.9. The molecule has 6 nitrogen and oxygen atoms in total. The van der Waals surface area contributed by atoms with Crippen molar-refractivity contribution in [3.8, 4) is 0 Å². The minimum absolute atomic E-state index is 0.376. The van der Waals surface area contributed by atoms with Crippen LogP contribution in [-0.2, 0) is 14.2 Å². The molecule has 0 saturated carbocycles. The Labute approximate surface area is 122 Å². The summed E-state index contributed by atoms with van der Waals surface area (Å²) in [5.74, 6) is -0.563. The first-order valence-corrected chi connectivity index (χ1v) is 6.51. The predicted octanol–water partition coefficient (Wildman–Crippen LogP) is 0.491. The lowest BCUT2D eigenvalue weighted by atomic mass is 10.1. The summed E-state index contributed by atoms with van der Waals surface area (Å²) in [5.41, 5.74) is 0.376. The lowest BCUT2D eigenvalue weighted by Crippen LogP contribution is -2.40. The summed E-state index contributed by atoms with van der Waals surface area (Å²) in [6, 6.07) is 8.43. The van der Waals surface area contributed by atoms with Crippen molar-refractivity contribution in [1.29, 1.82) is 0 Å². The smallest absolute Gasteiger partial charge is 0.338 e. The number of esters is 1. The van der Waals surface area contributed by atoms with Crippen molar-refractivity contribution in [1.82, 2.24) is 0 Å². The predicted molar refractivity (Wildman–Crippen MR) is 73.5 cm³/mol. The van der Waals surface area contributed by atoms with Crippen LogP contribution in [0, 0.1) is 0 Å². The van der Waals surface area contributed by atoms with Crippen LogP contribution in [-0.4, -0.2) is 54.0 Å². The van der Waals surface area contributed by atoms with Gasteiger partial charge in [0.05, 0.1) is 5.56 Å². The molecule has 0 spiro atoms. The zero-order chi connectivity index (χ0) is 15.4. The summed E-state index contributed by atoms with van der Waals surface area (Å²) in [5, 5.41) is 19.7. The van der Waals surface area contributed by atoms with Crippen molar-refractivity contribution < 1.29 is 29.2 Å². The number of rotatable bonds is 5. The standard InChI is InChI=1S/C15H18O6/c1-3-10(13-11(16)12(17)15(19-2)21-13)20-14(18)9-7-5-4-6-8-9/h3-8,10-13,15-17H,1H2,2H3/t10-,11+,12-,13-,15-/m1/s1. The van der Waals surface area contributed by atoms with Gasteiger partial charge in [-0.2, -0.15) is 0 Å². The molecule has 0 radical (unpaired) electrons. The largest absolute Gasteiger partial charge is 0.452 e. The molecule has 0 amide bonds. The summed E-state index contributed by atoms with van der Waals surface area (Å²) in [6.45, 7) is 3.57. The molecule has 1 aliphatic rings. The maximum absolute atomic E-state index is 12.0. The molecule has 0 bridgehead atoms. The molecule has 0 aromatic heterocycles. The molecule has 5 atom stereocenters. The van der Waals surface area contributed by atoms with Gasteiger partial charge in [-0.05, 0) is 18.2 Å². The van der Waals surface area contributed by atoms with Gasteiger partial charge in [0.2, 0.25) is 0 Å². The number of hydrogen-bond acceptors (Lipinski definition) is 6. The molecule has 1 aromatic carbocycles. The molecular weight excluding hydrogens is 276 g/mol. The number of methoxy groups -OCH3 is 1. The van der Waals surface area contributed by atoms with Gasteiger partial charge in [0, 0.05) is 7.11 Å². The average molecular weight is 294 g/mol. The maximum Gasteiger partial charge on any atom is 0.338 e. The Morgan fingerprint density at radius 1 is 1.33 bits per heavy atom. The molecule has 1 heterocycles. The van der Waals surface area contributed by atoms with Gasteiger partial charge in [0.1, 0.15) is 24.4 Å². The van der Waals surface area contributed by atoms with Crippen LogP contribution in [0.4, 0.5) is 0 Å². The van der Waals surface area contributed by atoms with Crippen LogP contribution in [0.3, 0.4) is 0 Å². The van der Waals surface area contributed by atoms with E-state index in [4.69, 9.17) is 14.2 Å². The highest BCUT2D eigenvalue weighted by molar-refractivity contribution is 5.89. The number of ether oxygens (including phenoxy) is 3. The third-order valence-corrected chi connectivity index (χ3v) is 3.30. The van der Waals surface area contributed by atoms with E-state index < -0.39 is 36.7 Å². The van der Waals surface area contributed by atoms with Crippen LogP contribution in [0.5, 0.6) is 0 Å². The Morgan fingerprint density at radius 2 is 2.00 bits per heavy atom. The van der Waals surface area contributed by atoms with E-state index in [1.165, 1.54) is 13.2 Å². The molecular formula is C15H18O6. The van der Waals surface area contributed by atoms with E-state index in [-0.39, 0.29) is 0 Å². The van der Waals surface area contributed by atoms with E-state index in [9.17, 15) is 15.0 Å². The fraction of sp³-hybridized carbons (Fsp3) is 0.400. The second-order valence-electron chi connectivity index (χ2n) is 4.66. The number of aliphatic hydroxyl groups excluding tert-OH is 2. The van der Waals surface area contributed by atoms with Crippen LogP contribution in [0.1, 0.15) is 10.4 Å². The molecule has 1 saturated heterocycles. The fourth-order valence-corrected chi connectivity index (χ4v) is 2.15. The number of aliphatic hydroxyl groups is 2. The number of benzene rings is 1. The summed E-state index contributed by atoms with van der Waals surface area (Å²) in [4.78, 5) is 12.0. The highest BCUT2D eigenvalue weighted by Gasteiger charge is 2.47. The van der Waals surface area contributed by atoms with E-state index in [0.29, 0.717) is 5.56 Å². The quantitative estimate of drug-likeness (QED) is 0.607. The monoisotopic (exact) mass is 294 g/mol. The fourth-order valence-electron chi connectivity index (χ4n) is 2.15. The van der Waals surface area contributed by atoms with E-state index in [1.54, 1.807) is 30.3 Å². The Hall–Kier alpha value is -1.73. The van der Waals surface area contributed by atoms with E-state index in [1.807, 2.05) is 0 Å². The highest BCUT2D eigenvalue weighted by atomic mass is 16.7. The first-order valence-electron chi connectivity index (χ1n) is 6.51. The van der Waals surface area contributed by atoms with Gasteiger partial charge in [-0.25, -0.2) is 4.79 Å². The lowest BCUT2D eigenvalue weighted by molar-refractivity contribution is -0.159. The molecule has 6 heteroatoms. The van der Waals surface area contributed by atoms with Crippen molar-refractivity contribution in [2.45, 2.75) is 30.7 Å². The Kier molecular flexibility index (Phi) is 5.08. The molecule has 1 fully saturated rings. The third-order valence-electron chi connectivity index (χ3n) is 3.30. The molecule has 2 N–H and O–H groups in total. The van der Waals surface area contributed by atoms with Crippen molar-refractivity contribution in [2.24, 2.45) is 0 Å². The van der Waals surface area contributed by atoms with Crippen LogP contribution >= 0.6 is 0 Å². The molecule has 21 heavy (non-hydrogen) atoms. The van der Waals surface area contributed by atoms with Crippen LogP contribution < -0.4 is 0 Å². The van der Waals surface area contributed by atoms with Crippen LogP contribution in [0.15, 0.2) is 43.0 Å². The Balaban J connectivity index is 2.07. The van der Waals surface area contributed by atoms with Crippen LogP contribution in [0.2, 0.25) is 0 Å². The Morgan fingerprint density at radius 3 is 2.52 bits per heavy atom. The van der Waals surface area contributed by atoms with Crippen molar-refractivity contribution in [3.63, 3.8) is 0 Å². The van der Waals surface area contributed by atoms with Gasteiger partial charge in [-0.1, -0.05) is 24.8 Å². The van der Waals surface area contributed by atoms with Crippen molar-refractivity contribution in [2.75, 3.05) is 7.11 Å². The van der Waals surface area contributed by atoms with Crippen LogP contribution in [0.25, 0.3) is 0 Å².